The number of benzene rings is 2. The van der Waals surface area contributed by atoms with Crippen molar-refractivity contribution in [1.82, 2.24) is 0 Å². The van der Waals surface area contributed by atoms with Crippen LogP contribution in [0.1, 0.15) is 21.5 Å². The van der Waals surface area contributed by atoms with Crippen LogP contribution in [0.5, 0.6) is 0 Å². The number of nitrogens with two attached hydrogens (primary N) is 1. The van der Waals surface area contributed by atoms with Gasteiger partial charge in [-0.2, -0.15) is 0 Å². The van der Waals surface area contributed by atoms with Gasteiger partial charge in [-0.1, -0.05) is 35.4 Å². The van der Waals surface area contributed by atoms with Gasteiger partial charge in [-0.25, -0.2) is 0 Å². The highest BCUT2D eigenvalue weighted by Gasteiger charge is 2.13. The molecule has 0 bridgehead atoms. The Morgan fingerprint density at radius 1 is 1.10 bits per heavy atom. The molecule has 3 nitrogen and oxygen atoms in total. The highest BCUT2D eigenvalue weighted by Crippen LogP contribution is 2.23. The Labute approximate surface area is 138 Å². The van der Waals surface area contributed by atoms with Gasteiger partial charge in [0.1, 0.15) is 4.99 Å². The predicted molar refractivity (Wildman–Crippen MR) is 91.5 cm³/mol. The lowest BCUT2D eigenvalue weighted by atomic mass is 10.1. The maximum Gasteiger partial charge on any atom is 0.255 e. The van der Waals surface area contributed by atoms with Crippen LogP contribution < -0.4 is 11.1 Å². The van der Waals surface area contributed by atoms with Crippen molar-refractivity contribution in [2.24, 2.45) is 5.73 Å². The SMILES string of the molecule is Cc1cc(Cl)ccc1C(=O)Nc1cc(Cl)ccc1C(N)=S. The highest BCUT2D eigenvalue weighted by molar-refractivity contribution is 7.80. The average Bonchev–Trinajstić information content (AvgIpc) is 2.37. The molecule has 0 aliphatic rings. The Morgan fingerprint density at radius 2 is 1.67 bits per heavy atom. The molecule has 3 N–H and O–H groups in total. The van der Waals surface area contributed by atoms with Crippen molar-refractivity contribution >= 4 is 52.0 Å². The van der Waals surface area contributed by atoms with Crippen LogP contribution in [0, 0.1) is 6.92 Å². The van der Waals surface area contributed by atoms with Crippen LogP contribution in [0.25, 0.3) is 0 Å². The molecule has 1 amide bonds. The zero-order valence-corrected chi connectivity index (χ0v) is 13.4. The third-order valence-electron chi connectivity index (χ3n) is 2.93. The molecule has 0 radical (unpaired) electrons. The molecule has 108 valence electrons. The van der Waals surface area contributed by atoms with Crippen LogP contribution in [0.4, 0.5) is 5.69 Å². The smallest absolute Gasteiger partial charge is 0.255 e. The van der Waals surface area contributed by atoms with Crippen molar-refractivity contribution in [2.75, 3.05) is 5.32 Å². The van der Waals surface area contributed by atoms with E-state index < -0.39 is 0 Å². The largest absolute Gasteiger partial charge is 0.389 e. The molecule has 0 spiro atoms. The van der Waals surface area contributed by atoms with E-state index in [1.165, 1.54) is 0 Å². The fourth-order valence-electron chi connectivity index (χ4n) is 1.91. The van der Waals surface area contributed by atoms with Gasteiger partial charge >= 0.3 is 0 Å². The Balaban J connectivity index is 2.35. The van der Waals surface area contributed by atoms with Crippen molar-refractivity contribution in [3.63, 3.8) is 0 Å². The summed E-state index contributed by atoms with van der Waals surface area (Å²) in [6.07, 6.45) is 0. The van der Waals surface area contributed by atoms with E-state index in [2.05, 4.69) is 5.32 Å². The van der Waals surface area contributed by atoms with E-state index >= 15 is 0 Å². The minimum atomic E-state index is -0.274. The summed E-state index contributed by atoms with van der Waals surface area (Å²) >= 11 is 16.8. The number of hydrogen-bond acceptors (Lipinski definition) is 2. The Bertz CT molecular complexity index is 732. The molecule has 0 saturated heterocycles. The third kappa shape index (κ3) is 3.73. The summed E-state index contributed by atoms with van der Waals surface area (Å²) in [6, 6.07) is 10.0. The van der Waals surface area contributed by atoms with Gasteiger partial charge in [0, 0.05) is 21.2 Å². The lowest BCUT2D eigenvalue weighted by Gasteiger charge is -2.12. The second-order valence-electron chi connectivity index (χ2n) is 4.47. The number of amides is 1. The summed E-state index contributed by atoms with van der Waals surface area (Å²) in [4.78, 5) is 12.5. The molecule has 2 aromatic rings. The topological polar surface area (TPSA) is 55.1 Å². The standard InChI is InChI=1S/C15H12Cl2N2OS/c1-8-6-9(16)2-4-11(8)15(20)19-13-7-10(17)3-5-12(13)14(18)21/h2-7H,1H3,(H2,18,21)(H,19,20). The van der Waals surface area contributed by atoms with E-state index in [-0.39, 0.29) is 10.9 Å². The van der Waals surface area contributed by atoms with E-state index in [0.717, 1.165) is 5.56 Å². The molecule has 0 aliphatic carbocycles. The molecular weight excluding hydrogens is 327 g/mol. The predicted octanol–water partition coefficient (Wildman–Crippen LogP) is 4.19. The number of hydrogen-bond donors (Lipinski definition) is 2. The summed E-state index contributed by atoms with van der Waals surface area (Å²) in [5.41, 5.74) is 7.99. The van der Waals surface area contributed by atoms with Crippen molar-refractivity contribution in [2.45, 2.75) is 6.92 Å². The summed E-state index contributed by atoms with van der Waals surface area (Å²) < 4.78 is 0. The first-order valence-corrected chi connectivity index (χ1v) is 7.22. The van der Waals surface area contributed by atoms with Crippen LogP contribution in [-0.4, -0.2) is 10.9 Å². The molecule has 0 saturated carbocycles. The highest BCUT2D eigenvalue weighted by atomic mass is 35.5. The monoisotopic (exact) mass is 338 g/mol. The lowest BCUT2D eigenvalue weighted by Crippen LogP contribution is -2.18. The van der Waals surface area contributed by atoms with Crippen molar-refractivity contribution in [1.29, 1.82) is 0 Å². The minimum Gasteiger partial charge on any atom is -0.389 e. The molecular formula is C15H12Cl2N2OS. The van der Waals surface area contributed by atoms with E-state index in [1.807, 2.05) is 6.92 Å². The van der Waals surface area contributed by atoms with Crippen LogP contribution in [0.3, 0.4) is 0 Å². The molecule has 0 heterocycles. The lowest BCUT2D eigenvalue weighted by molar-refractivity contribution is 0.102. The van der Waals surface area contributed by atoms with Crippen LogP contribution in [0.15, 0.2) is 36.4 Å². The summed E-state index contributed by atoms with van der Waals surface area (Å²) in [7, 11) is 0. The molecule has 21 heavy (non-hydrogen) atoms. The number of nitrogens with one attached hydrogen (secondary N) is 1. The average molecular weight is 339 g/mol. The van der Waals surface area contributed by atoms with Gasteiger partial charge in [0.15, 0.2) is 0 Å². The number of rotatable bonds is 3. The second-order valence-corrected chi connectivity index (χ2v) is 5.78. The molecule has 2 aromatic carbocycles. The van der Waals surface area contributed by atoms with Gasteiger partial charge in [-0.3, -0.25) is 4.79 Å². The van der Waals surface area contributed by atoms with Gasteiger partial charge in [0.05, 0.1) is 5.69 Å². The van der Waals surface area contributed by atoms with Crippen molar-refractivity contribution in [3.8, 4) is 0 Å². The summed E-state index contributed by atoms with van der Waals surface area (Å²) in [6.45, 7) is 1.81. The van der Waals surface area contributed by atoms with E-state index in [9.17, 15) is 4.79 Å². The van der Waals surface area contributed by atoms with Gasteiger partial charge in [0.2, 0.25) is 0 Å². The molecule has 0 aromatic heterocycles. The molecule has 0 unspecified atom stereocenters. The normalized spacial score (nSPS) is 10.2. The number of aryl methyl sites for hydroxylation is 1. The van der Waals surface area contributed by atoms with Crippen molar-refractivity contribution in [3.05, 3.63) is 63.1 Å². The van der Waals surface area contributed by atoms with E-state index in [1.54, 1.807) is 36.4 Å². The maximum atomic E-state index is 12.4. The first-order chi connectivity index (χ1) is 9.88. The molecule has 0 atom stereocenters. The van der Waals surface area contributed by atoms with Gasteiger partial charge in [-0.15, -0.1) is 0 Å². The van der Waals surface area contributed by atoms with Gasteiger partial charge in [0.25, 0.3) is 5.91 Å². The fourth-order valence-corrected chi connectivity index (χ4v) is 2.48. The summed E-state index contributed by atoms with van der Waals surface area (Å²) in [5, 5.41) is 3.84. The quantitative estimate of drug-likeness (QED) is 0.825. The van der Waals surface area contributed by atoms with E-state index in [0.29, 0.717) is 26.9 Å². The zero-order valence-electron chi connectivity index (χ0n) is 11.1. The Kier molecular flexibility index (Phi) is 4.83. The number of carbonyl (C=O) groups is 1. The zero-order chi connectivity index (χ0) is 15.6. The summed E-state index contributed by atoms with van der Waals surface area (Å²) in [5.74, 6) is -0.274. The van der Waals surface area contributed by atoms with Gasteiger partial charge in [-0.05, 0) is 48.9 Å². The van der Waals surface area contributed by atoms with Gasteiger partial charge < -0.3 is 11.1 Å². The van der Waals surface area contributed by atoms with Crippen molar-refractivity contribution < 1.29 is 4.79 Å². The third-order valence-corrected chi connectivity index (χ3v) is 3.62. The molecule has 0 fully saturated rings. The molecule has 0 aliphatic heterocycles. The van der Waals surface area contributed by atoms with E-state index in [4.69, 9.17) is 41.2 Å². The molecule has 6 heteroatoms. The number of carbonyl (C=O) groups excluding carboxylic acids is 1. The van der Waals surface area contributed by atoms with Crippen LogP contribution in [-0.2, 0) is 0 Å². The first-order valence-electron chi connectivity index (χ1n) is 6.05. The number of thiocarbonyl (C=S) groups is 1. The van der Waals surface area contributed by atoms with Crippen LogP contribution in [0.2, 0.25) is 10.0 Å². The Hall–Kier alpha value is -1.62. The maximum absolute atomic E-state index is 12.4. The second kappa shape index (κ2) is 6.43. The molecule has 2 rings (SSSR count). The number of anilines is 1. The fraction of sp³-hybridized carbons (Fsp3) is 0.0667. The minimum absolute atomic E-state index is 0.190. The number of halogens is 2. The first kappa shape index (κ1) is 15.8. The van der Waals surface area contributed by atoms with Crippen LogP contribution >= 0.6 is 35.4 Å². The Morgan fingerprint density at radius 3 is 2.24 bits per heavy atom.